The summed E-state index contributed by atoms with van der Waals surface area (Å²) in [6.45, 7) is 9.30. The minimum absolute atomic E-state index is 0.0855. The maximum Gasteiger partial charge on any atom is 0.255 e. The number of amides is 1. The predicted octanol–water partition coefficient (Wildman–Crippen LogP) is 4.49. The van der Waals surface area contributed by atoms with Crippen LogP contribution < -0.4 is 4.74 Å². The van der Waals surface area contributed by atoms with Crippen LogP contribution in [0.4, 0.5) is 0 Å². The molecule has 0 fully saturated rings. The van der Waals surface area contributed by atoms with Gasteiger partial charge in [0, 0.05) is 25.9 Å². The molecule has 0 bridgehead atoms. The number of pyridine rings is 1. The predicted molar refractivity (Wildman–Crippen MR) is 103 cm³/mol. The van der Waals surface area contributed by atoms with E-state index >= 15 is 0 Å². The van der Waals surface area contributed by atoms with Crippen LogP contribution in [-0.4, -0.2) is 42.1 Å². The van der Waals surface area contributed by atoms with E-state index in [2.05, 4.69) is 18.8 Å². The molecule has 0 spiro atoms. The van der Waals surface area contributed by atoms with Crippen molar-refractivity contribution in [1.29, 1.82) is 0 Å². The van der Waals surface area contributed by atoms with E-state index in [1.165, 1.54) is 5.56 Å². The average Bonchev–Trinajstić information content (AvgIpc) is 2.62. The lowest BCUT2D eigenvalue weighted by atomic mass is 10.0. The highest BCUT2D eigenvalue weighted by atomic mass is 16.5. The van der Waals surface area contributed by atoms with Crippen molar-refractivity contribution in [2.45, 2.75) is 39.7 Å². The SMILES string of the molecule is CC(C)OCCN(C)C(=O)c1ccc(Oc2ccc(C(C)C)cc2)nc1. The summed E-state index contributed by atoms with van der Waals surface area (Å²) < 4.78 is 11.2. The second-order valence-corrected chi connectivity index (χ2v) is 6.86. The Morgan fingerprint density at radius 1 is 1.08 bits per heavy atom. The Balaban J connectivity index is 1.93. The molecule has 0 N–H and O–H groups in total. The first kappa shape index (κ1) is 19.9. The van der Waals surface area contributed by atoms with Crippen LogP contribution in [0.1, 0.15) is 49.5 Å². The van der Waals surface area contributed by atoms with Gasteiger partial charge in [-0.05, 0) is 43.5 Å². The molecule has 0 aliphatic rings. The summed E-state index contributed by atoms with van der Waals surface area (Å²) in [4.78, 5) is 18.3. The summed E-state index contributed by atoms with van der Waals surface area (Å²) in [5.41, 5.74) is 1.79. The molecule has 5 heteroatoms. The van der Waals surface area contributed by atoms with Crippen molar-refractivity contribution in [3.05, 3.63) is 53.7 Å². The van der Waals surface area contributed by atoms with Crippen molar-refractivity contribution in [2.75, 3.05) is 20.2 Å². The lowest BCUT2D eigenvalue weighted by molar-refractivity contribution is 0.0532. The first-order chi connectivity index (χ1) is 12.4. The summed E-state index contributed by atoms with van der Waals surface area (Å²) in [6.07, 6.45) is 1.70. The summed E-state index contributed by atoms with van der Waals surface area (Å²) in [5.74, 6) is 1.58. The first-order valence-corrected chi connectivity index (χ1v) is 8.97. The van der Waals surface area contributed by atoms with Crippen molar-refractivity contribution in [3.8, 4) is 11.6 Å². The number of hydrogen-bond acceptors (Lipinski definition) is 4. The monoisotopic (exact) mass is 356 g/mol. The van der Waals surface area contributed by atoms with E-state index in [1.807, 2.05) is 38.1 Å². The van der Waals surface area contributed by atoms with Crippen LogP contribution in [0.15, 0.2) is 42.6 Å². The number of likely N-dealkylation sites (N-methyl/N-ethyl adjacent to an activating group) is 1. The van der Waals surface area contributed by atoms with Gasteiger partial charge >= 0.3 is 0 Å². The highest BCUT2D eigenvalue weighted by Gasteiger charge is 2.12. The number of nitrogens with zero attached hydrogens (tertiary/aromatic N) is 2. The highest BCUT2D eigenvalue weighted by molar-refractivity contribution is 5.93. The zero-order chi connectivity index (χ0) is 19.1. The van der Waals surface area contributed by atoms with Gasteiger partial charge in [-0.25, -0.2) is 4.98 Å². The Kier molecular flexibility index (Phi) is 7.16. The van der Waals surface area contributed by atoms with E-state index in [4.69, 9.17) is 9.47 Å². The number of carbonyl (C=O) groups is 1. The Morgan fingerprint density at radius 2 is 1.77 bits per heavy atom. The minimum Gasteiger partial charge on any atom is -0.439 e. The van der Waals surface area contributed by atoms with Gasteiger partial charge in [0.05, 0.1) is 18.3 Å². The van der Waals surface area contributed by atoms with Gasteiger partial charge in [0.25, 0.3) is 5.91 Å². The van der Waals surface area contributed by atoms with Crippen molar-refractivity contribution >= 4 is 5.91 Å². The quantitative estimate of drug-likeness (QED) is 0.699. The molecule has 2 aromatic rings. The van der Waals surface area contributed by atoms with E-state index < -0.39 is 0 Å². The van der Waals surface area contributed by atoms with E-state index in [0.717, 1.165) is 5.75 Å². The molecule has 5 nitrogen and oxygen atoms in total. The molecule has 0 aliphatic carbocycles. The molecular weight excluding hydrogens is 328 g/mol. The van der Waals surface area contributed by atoms with Gasteiger partial charge in [-0.15, -0.1) is 0 Å². The summed E-state index contributed by atoms with van der Waals surface area (Å²) in [7, 11) is 1.76. The second-order valence-electron chi connectivity index (χ2n) is 6.86. The van der Waals surface area contributed by atoms with Crippen LogP contribution >= 0.6 is 0 Å². The number of rotatable bonds is 8. The van der Waals surface area contributed by atoms with Gasteiger partial charge in [0.1, 0.15) is 5.75 Å². The van der Waals surface area contributed by atoms with Crippen LogP contribution in [0.5, 0.6) is 11.6 Å². The second kappa shape index (κ2) is 9.34. The molecule has 0 saturated heterocycles. The van der Waals surface area contributed by atoms with Crippen LogP contribution in [0.3, 0.4) is 0 Å². The summed E-state index contributed by atoms with van der Waals surface area (Å²) in [6, 6.07) is 11.4. The van der Waals surface area contributed by atoms with Gasteiger partial charge in [0.2, 0.25) is 5.88 Å². The fourth-order valence-electron chi connectivity index (χ4n) is 2.36. The van der Waals surface area contributed by atoms with E-state index in [0.29, 0.717) is 30.5 Å². The van der Waals surface area contributed by atoms with Crippen LogP contribution in [0.25, 0.3) is 0 Å². The number of benzene rings is 1. The molecule has 1 aromatic carbocycles. The zero-order valence-corrected chi connectivity index (χ0v) is 16.2. The van der Waals surface area contributed by atoms with Gasteiger partial charge in [-0.2, -0.15) is 0 Å². The van der Waals surface area contributed by atoms with Crippen LogP contribution in [0, 0.1) is 0 Å². The maximum absolute atomic E-state index is 12.4. The molecule has 1 heterocycles. The van der Waals surface area contributed by atoms with Crippen molar-refractivity contribution < 1.29 is 14.3 Å². The molecule has 1 amide bonds. The van der Waals surface area contributed by atoms with Gasteiger partial charge < -0.3 is 14.4 Å². The standard InChI is InChI=1S/C21H28N2O3/c1-15(2)17-6-9-19(10-7-17)26-20-11-8-18(14-22-20)21(24)23(5)12-13-25-16(3)4/h6-11,14-16H,12-13H2,1-5H3. The molecule has 1 aromatic heterocycles. The topological polar surface area (TPSA) is 51.7 Å². The van der Waals surface area contributed by atoms with Gasteiger partial charge in [0.15, 0.2) is 0 Å². The largest absolute Gasteiger partial charge is 0.439 e. The molecule has 2 rings (SSSR count). The Labute approximate surface area is 156 Å². The fraction of sp³-hybridized carbons (Fsp3) is 0.429. The van der Waals surface area contributed by atoms with Crippen molar-refractivity contribution in [3.63, 3.8) is 0 Å². The number of hydrogen-bond donors (Lipinski definition) is 0. The van der Waals surface area contributed by atoms with Crippen LogP contribution in [-0.2, 0) is 4.74 Å². The van der Waals surface area contributed by atoms with E-state index in [1.54, 1.807) is 30.3 Å². The van der Waals surface area contributed by atoms with Gasteiger partial charge in [-0.1, -0.05) is 26.0 Å². The van der Waals surface area contributed by atoms with Crippen molar-refractivity contribution in [2.24, 2.45) is 0 Å². The third-order valence-corrected chi connectivity index (χ3v) is 3.98. The number of carbonyl (C=O) groups excluding carboxylic acids is 1. The lowest BCUT2D eigenvalue weighted by Gasteiger charge is -2.18. The normalized spacial score (nSPS) is 11.0. The molecule has 0 aliphatic heterocycles. The smallest absolute Gasteiger partial charge is 0.255 e. The highest BCUT2D eigenvalue weighted by Crippen LogP contribution is 2.22. The van der Waals surface area contributed by atoms with Crippen molar-refractivity contribution in [1.82, 2.24) is 9.88 Å². The summed E-state index contributed by atoms with van der Waals surface area (Å²) in [5, 5.41) is 0. The Bertz CT molecular complexity index is 694. The summed E-state index contributed by atoms with van der Waals surface area (Å²) >= 11 is 0. The lowest BCUT2D eigenvalue weighted by Crippen LogP contribution is -2.30. The Morgan fingerprint density at radius 3 is 2.31 bits per heavy atom. The molecular formula is C21H28N2O3. The zero-order valence-electron chi connectivity index (χ0n) is 16.2. The molecule has 0 radical (unpaired) electrons. The minimum atomic E-state index is -0.0855. The maximum atomic E-state index is 12.4. The molecule has 0 saturated carbocycles. The van der Waals surface area contributed by atoms with E-state index in [9.17, 15) is 4.79 Å². The first-order valence-electron chi connectivity index (χ1n) is 8.97. The number of ether oxygens (including phenoxy) is 2. The van der Waals surface area contributed by atoms with E-state index in [-0.39, 0.29) is 12.0 Å². The third-order valence-electron chi connectivity index (χ3n) is 3.98. The molecule has 0 unspecified atom stereocenters. The molecule has 140 valence electrons. The van der Waals surface area contributed by atoms with Gasteiger partial charge in [-0.3, -0.25) is 4.79 Å². The number of aromatic nitrogens is 1. The van der Waals surface area contributed by atoms with Crippen LogP contribution in [0.2, 0.25) is 0 Å². The average molecular weight is 356 g/mol. The Hall–Kier alpha value is -2.40. The molecule has 26 heavy (non-hydrogen) atoms. The molecule has 0 atom stereocenters. The third kappa shape index (κ3) is 5.85. The fourth-order valence-corrected chi connectivity index (χ4v) is 2.36.